The van der Waals surface area contributed by atoms with Gasteiger partial charge in [0.2, 0.25) is 0 Å². The number of hydrogen-bond donors (Lipinski definition) is 2. The Kier molecular flexibility index (Phi) is 4.45. The summed E-state index contributed by atoms with van der Waals surface area (Å²) in [6.07, 6.45) is 2.77. The van der Waals surface area contributed by atoms with Crippen molar-refractivity contribution in [1.82, 2.24) is 0 Å². The van der Waals surface area contributed by atoms with Crippen LogP contribution in [0, 0.1) is 0 Å². The standard InChI is InChI=1S/C16H21NO3/c1-3-10(2)11-4-5-14-13(6-11)9-20-16(14)12(8-17)7-15(18)19/h4-6,9-10,12H,3,7-8,17H2,1-2H3,(H,18,19). The minimum atomic E-state index is -0.860. The van der Waals surface area contributed by atoms with E-state index in [4.69, 9.17) is 15.3 Å². The van der Waals surface area contributed by atoms with Gasteiger partial charge < -0.3 is 15.3 Å². The van der Waals surface area contributed by atoms with E-state index in [1.165, 1.54) is 5.56 Å². The molecule has 0 fully saturated rings. The number of carboxylic acid groups (broad SMARTS) is 1. The zero-order valence-corrected chi connectivity index (χ0v) is 11.9. The molecule has 0 aliphatic carbocycles. The van der Waals surface area contributed by atoms with E-state index in [1.807, 2.05) is 6.07 Å². The van der Waals surface area contributed by atoms with Crippen molar-refractivity contribution in [2.75, 3.05) is 6.54 Å². The molecule has 108 valence electrons. The first-order chi connectivity index (χ1) is 9.56. The third kappa shape index (κ3) is 2.85. The summed E-state index contributed by atoms with van der Waals surface area (Å²) < 4.78 is 5.59. The highest BCUT2D eigenvalue weighted by Crippen LogP contribution is 2.31. The maximum absolute atomic E-state index is 10.9. The number of furan rings is 1. The van der Waals surface area contributed by atoms with Crippen LogP contribution in [0.4, 0.5) is 0 Å². The van der Waals surface area contributed by atoms with E-state index in [0.29, 0.717) is 11.7 Å². The van der Waals surface area contributed by atoms with E-state index in [2.05, 4.69) is 26.0 Å². The Morgan fingerprint density at radius 1 is 1.45 bits per heavy atom. The van der Waals surface area contributed by atoms with Crippen LogP contribution in [0.1, 0.15) is 49.8 Å². The molecule has 4 nitrogen and oxygen atoms in total. The molecule has 0 amide bonds. The molecule has 0 bridgehead atoms. The molecule has 20 heavy (non-hydrogen) atoms. The lowest BCUT2D eigenvalue weighted by molar-refractivity contribution is -0.137. The molecular formula is C16H21NO3. The smallest absolute Gasteiger partial charge is 0.304 e. The lowest BCUT2D eigenvalue weighted by atomic mass is 9.94. The summed E-state index contributed by atoms with van der Waals surface area (Å²) in [5.74, 6) is 0.0448. The average molecular weight is 275 g/mol. The number of carboxylic acids is 1. The molecule has 3 N–H and O–H groups in total. The fraction of sp³-hybridized carbons (Fsp3) is 0.438. The van der Waals surface area contributed by atoms with E-state index >= 15 is 0 Å². The lowest BCUT2D eigenvalue weighted by Gasteiger charge is -2.11. The Morgan fingerprint density at radius 2 is 2.20 bits per heavy atom. The van der Waals surface area contributed by atoms with Gasteiger partial charge >= 0.3 is 5.97 Å². The second-order valence-electron chi connectivity index (χ2n) is 5.29. The second-order valence-corrected chi connectivity index (χ2v) is 5.29. The summed E-state index contributed by atoms with van der Waals surface area (Å²) in [7, 11) is 0. The van der Waals surface area contributed by atoms with Crippen molar-refractivity contribution < 1.29 is 14.3 Å². The van der Waals surface area contributed by atoms with Crippen LogP contribution in [0.25, 0.3) is 10.8 Å². The van der Waals surface area contributed by atoms with Gasteiger partial charge in [-0.3, -0.25) is 4.79 Å². The normalized spacial score (nSPS) is 14.3. The van der Waals surface area contributed by atoms with Gasteiger partial charge in [-0.1, -0.05) is 26.0 Å². The summed E-state index contributed by atoms with van der Waals surface area (Å²) in [5.41, 5.74) is 6.95. The summed E-state index contributed by atoms with van der Waals surface area (Å²) in [4.78, 5) is 10.9. The van der Waals surface area contributed by atoms with Crippen LogP contribution in [0.5, 0.6) is 0 Å². The average Bonchev–Trinajstić information content (AvgIpc) is 2.86. The Balaban J connectivity index is 2.39. The third-order valence-electron chi connectivity index (χ3n) is 3.91. The van der Waals surface area contributed by atoms with Gasteiger partial charge in [0, 0.05) is 23.2 Å². The SMILES string of the molecule is CCC(C)c1ccc2c(C(CN)CC(=O)O)occ2c1. The molecule has 1 aromatic carbocycles. The van der Waals surface area contributed by atoms with Gasteiger partial charge in [-0.15, -0.1) is 0 Å². The molecule has 2 aromatic rings. The maximum atomic E-state index is 10.9. The minimum Gasteiger partial charge on any atom is -0.481 e. The zero-order valence-electron chi connectivity index (χ0n) is 11.9. The zero-order chi connectivity index (χ0) is 14.7. The molecule has 0 saturated carbocycles. The Bertz CT molecular complexity index is 603. The van der Waals surface area contributed by atoms with E-state index in [9.17, 15) is 4.79 Å². The van der Waals surface area contributed by atoms with E-state index in [0.717, 1.165) is 17.2 Å². The number of nitrogens with two attached hydrogens (primary N) is 1. The van der Waals surface area contributed by atoms with Crippen LogP contribution in [0.15, 0.2) is 28.9 Å². The molecule has 2 rings (SSSR count). The Hall–Kier alpha value is -1.81. The Morgan fingerprint density at radius 3 is 2.80 bits per heavy atom. The molecule has 0 aliphatic heterocycles. The van der Waals surface area contributed by atoms with Crippen LogP contribution in [-0.2, 0) is 4.79 Å². The monoisotopic (exact) mass is 275 g/mol. The van der Waals surface area contributed by atoms with Gasteiger partial charge in [-0.05, 0) is 24.0 Å². The first kappa shape index (κ1) is 14.6. The summed E-state index contributed by atoms with van der Waals surface area (Å²) >= 11 is 0. The molecule has 1 heterocycles. The summed E-state index contributed by atoms with van der Waals surface area (Å²) in [6, 6.07) is 6.22. The molecule has 2 unspecified atom stereocenters. The molecule has 4 heteroatoms. The van der Waals surface area contributed by atoms with Crippen LogP contribution in [0.3, 0.4) is 0 Å². The second kappa shape index (κ2) is 6.09. The summed E-state index contributed by atoms with van der Waals surface area (Å²) in [6.45, 7) is 4.62. The van der Waals surface area contributed by atoms with Crippen molar-refractivity contribution in [1.29, 1.82) is 0 Å². The predicted molar refractivity (Wildman–Crippen MR) is 79.0 cm³/mol. The number of benzene rings is 1. The molecule has 2 atom stereocenters. The van der Waals surface area contributed by atoms with Crippen LogP contribution in [-0.4, -0.2) is 17.6 Å². The van der Waals surface area contributed by atoms with Gasteiger partial charge in [0.1, 0.15) is 5.76 Å². The van der Waals surface area contributed by atoms with Gasteiger partial charge in [0.05, 0.1) is 12.7 Å². The number of fused-ring (bicyclic) bond motifs is 1. The highest BCUT2D eigenvalue weighted by Gasteiger charge is 2.20. The number of aliphatic carboxylic acids is 1. The fourth-order valence-electron chi connectivity index (χ4n) is 2.45. The van der Waals surface area contributed by atoms with E-state index in [-0.39, 0.29) is 18.9 Å². The quantitative estimate of drug-likeness (QED) is 0.846. The van der Waals surface area contributed by atoms with E-state index < -0.39 is 5.97 Å². The Labute approximate surface area is 118 Å². The van der Waals surface area contributed by atoms with Crippen LogP contribution in [0.2, 0.25) is 0 Å². The molecule has 0 aliphatic rings. The predicted octanol–water partition coefficient (Wildman–Crippen LogP) is 3.46. The number of rotatable bonds is 6. The van der Waals surface area contributed by atoms with Crippen molar-refractivity contribution in [2.24, 2.45) is 5.73 Å². The van der Waals surface area contributed by atoms with Crippen molar-refractivity contribution in [3.63, 3.8) is 0 Å². The van der Waals surface area contributed by atoms with Gasteiger partial charge in [0.25, 0.3) is 0 Å². The largest absolute Gasteiger partial charge is 0.481 e. The van der Waals surface area contributed by atoms with Crippen LogP contribution >= 0.6 is 0 Å². The molecular weight excluding hydrogens is 254 g/mol. The minimum absolute atomic E-state index is 0.00771. The van der Waals surface area contributed by atoms with Crippen molar-refractivity contribution >= 4 is 16.7 Å². The van der Waals surface area contributed by atoms with Crippen LogP contribution < -0.4 is 5.73 Å². The molecule has 1 aromatic heterocycles. The highest BCUT2D eigenvalue weighted by atomic mass is 16.4. The van der Waals surface area contributed by atoms with Gasteiger partial charge in [-0.2, -0.15) is 0 Å². The third-order valence-corrected chi connectivity index (χ3v) is 3.91. The lowest BCUT2D eigenvalue weighted by Crippen LogP contribution is -2.15. The van der Waals surface area contributed by atoms with E-state index in [1.54, 1.807) is 6.26 Å². The topological polar surface area (TPSA) is 76.5 Å². The first-order valence-electron chi connectivity index (χ1n) is 6.99. The van der Waals surface area contributed by atoms with Gasteiger partial charge in [-0.25, -0.2) is 0 Å². The number of carbonyl (C=O) groups is 1. The molecule has 0 saturated heterocycles. The fourth-order valence-corrected chi connectivity index (χ4v) is 2.45. The first-order valence-corrected chi connectivity index (χ1v) is 6.99. The number of hydrogen-bond acceptors (Lipinski definition) is 3. The van der Waals surface area contributed by atoms with Crippen molar-refractivity contribution in [3.8, 4) is 0 Å². The van der Waals surface area contributed by atoms with Crippen molar-refractivity contribution in [2.45, 2.75) is 38.5 Å². The molecule has 0 spiro atoms. The maximum Gasteiger partial charge on any atom is 0.304 e. The molecule has 0 radical (unpaired) electrons. The van der Waals surface area contributed by atoms with Gasteiger partial charge in [0.15, 0.2) is 0 Å². The van der Waals surface area contributed by atoms with Crippen molar-refractivity contribution in [3.05, 3.63) is 35.8 Å². The highest BCUT2D eigenvalue weighted by molar-refractivity contribution is 5.85. The summed E-state index contributed by atoms with van der Waals surface area (Å²) in [5, 5.41) is 10.9.